The van der Waals surface area contributed by atoms with Crippen LogP contribution in [-0.4, -0.2) is 96.3 Å². The largest absolute Gasteiger partial charge is 0.431 e. The number of nitrogen functional groups attached to an aromatic ring is 1. The average Bonchev–Trinajstić information content (AvgIpc) is 3.25. The first kappa shape index (κ1) is 33.2. The van der Waals surface area contributed by atoms with E-state index in [0.29, 0.717) is 42.6 Å². The number of halogens is 2. The lowest BCUT2D eigenvalue weighted by Gasteiger charge is -2.47. The van der Waals surface area contributed by atoms with E-state index in [1.54, 1.807) is 4.90 Å². The van der Waals surface area contributed by atoms with Gasteiger partial charge in [-0.25, -0.2) is 14.4 Å². The van der Waals surface area contributed by atoms with Crippen LogP contribution in [0.25, 0.3) is 0 Å². The fourth-order valence-electron chi connectivity index (χ4n) is 7.87. The Morgan fingerprint density at radius 3 is 2.35 bits per heavy atom. The highest BCUT2D eigenvalue weighted by Crippen LogP contribution is 2.34. The Labute approximate surface area is 288 Å². The number of hydrogen-bond acceptors (Lipinski definition) is 6. The summed E-state index contributed by atoms with van der Waals surface area (Å²) in [5.41, 5.74) is 9.62. The van der Waals surface area contributed by atoms with Crippen molar-refractivity contribution in [3.05, 3.63) is 56.5 Å². The Bertz CT molecular complexity index is 1410. The number of likely N-dealkylation sites (tertiary alicyclic amines) is 2. The third-order valence-electron chi connectivity index (χ3n) is 10.4. The fraction of sp³-hybridized carbons (Fsp3) is 0.559. The second-order valence-corrected chi connectivity index (χ2v) is 14.9. The van der Waals surface area contributed by atoms with Crippen LogP contribution in [0.3, 0.4) is 0 Å². The number of urea groups is 1. The number of carbonyl (C=O) groups excluding carboxylic acids is 3. The van der Waals surface area contributed by atoms with Crippen LogP contribution >= 0.6 is 31.9 Å². The standard InChI is InChI=1S/C34H44Br2N6O4/c35-27-20-23(21-28(36)31(27)37)22-30(32(43)42(18-4-1-5-19-42)26-8-13-38-14-9-26)46-34(45)40-15-11-25(12-16-40)41-17-10-24-6-2-3-7-29(24)39-33(41)44/h2-3,6-7,20-21,25-26,30,38H,1,4-5,8-19,22,37H2/p+1/t30-/m1/s1. The van der Waals surface area contributed by atoms with E-state index in [2.05, 4.69) is 48.6 Å². The van der Waals surface area contributed by atoms with Gasteiger partial charge in [0.25, 0.3) is 0 Å². The summed E-state index contributed by atoms with van der Waals surface area (Å²) in [6.45, 7) is 4.95. The van der Waals surface area contributed by atoms with Crippen LogP contribution in [0.15, 0.2) is 45.3 Å². The summed E-state index contributed by atoms with van der Waals surface area (Å²) in [5, 5.41) is 6.51. The first-order valence-corrected chi connectivity index (χ1v) is 18.3. The maximum absolute atomic E-state index is 14.8. The molecule has 10 nitrogen and oxygen atoms in total. The molecule has 3 fully saturated rings. The van der Waals surface area contributed by atoms with Gasteiger partial charge in [0.2, 0.25) is 6.10 Å². The number of hydrogen-bond donors (Lipinski definition) is 3. The molecule has 1 atom stereocenters. The van der Waals surface area contributed by atoms with E-state index >= 15 is 0 Å². The van der Waals surface area contributed by atoms with Crippen molar-refractivity contribution < 1.29 is 23.6 Å². The molecule has 2 aromatic carbocycles. The van der Waals surface area contributed by atoms with Gasteiger partial charge in [0, 0.05) is 72.7 Å². The van der Waals surface area contributed by atoms with E-state index in [4.69, 9.17) is 10.5 Å². The molecule has 0 spiro atoms. The van der Waals surface area contributed by atoms with Crippen molar-refractivity contribution in [3.63, 3.8) is 0 Å². The van der Waals surface area contributed by atoms with Gasteiger partial charge in [0.05, 0.1) is 24.8 Å². The summed E-state index contributed by atoms with van der Waals surface area (Å²) in [4.78, 5) is 45.3. The second kappa shape index (κ2) is 14.6. The fourth-order valence-corrected chi connectivity index (χ4v) is 9.15. The number of piperidine rings is 3. The lowest BCUT2D eigenvalue weighted by atomic mass is 9.94. The summed E-state index contributed by atoms with van der Waals surface area (Å²) in [6.07, 6.45) is 5.99. The molecule has 4 aliphatic rings. The zero-order valence-corrected chi connectivity index (χ0v) is 29.5. The number of anilines is 2. The maximum Gasteiger partial charge on any atom is 0.410 e. The van der Waals surface area contributed by atoms with Crippen LogP contribution in [0.5, 0.6) is 0 Å². The monoisotopic (exact) mass is 759 g/mol. The Kier molecular flexibility index (Phi) is 10.6. The predicted molar refractivity (Wildman–Crippen MR) is 185 cm³/mol. The lowest BCUT2D eigenvalue weighted by molar-refractivity contribution is -0.886. The van der Waals surface area contributed by atoms with E-state index < -0.39 is 12.2 Å². The number of para-hydroxylation sites is 1. The van der Waals surface area contributed by atoms with Crippen molar-refractivity contribution in [1.29, 1.82) is 0 Å². The number of carbonyl (C=O) groups is 3. The SMILES string of the molecule is Nc1c(Br)cc(C[C@@H](OC(=O)N2CCC(N3CCc4ccccc4NC3=O)CC2)C(=O)[N+]2(C3CCNCC3)CCCCC2)cc1Br. The number of nitrogens with one attached hydrogen (secondary N) is 2. The minimum Gasteiger partial charge on any atom is -0.431 e. The molecular formula is C34H45Br2N6O4+. The van der Waals surface area contributed by atoms with Gasteiger partial charge in [0.15, 0.2) is 0 Å². The molecule has 46 heavy (non-hydrogen) atoms. The van der Waals surface area contributed by atoms with Gasteiger partial charge in [-0.05, 0) is 99.7 Å². The maximum atomic E-state index is 14.8. The molecule has 4 aliphatic heterocycles. The zero-order valence-electron chi connectivity index (χ0n) is 26.3. The average molecular weight is 762 g/mol. The molecule has 3 saturated heterocycles. The molecule has 12 heteroatoms. The van der Waals surface area contributed by atoms with Crippen LogP contribution in [0.1, 0.15) is 56.1 Å². The van der Waals surface area contributed by atoms with Gasteiger partial charge in [-0.1, -0.05) is 18.2 Å². The van der Waals surface area contributed by atoms with Crippen molar-refractivity contribution in [2.75, 3.05) is 56.9 Å². The molecule has 0 aromatic heterocycles. The summed E-state index contributed by atoms with van der Waals surface area (Å²) in [5.74, 6) is 0.0136. The van der Waals surface area contributed by atoms with Gasteiger partial charge in [-0.2, -0.15) is 0 Å². The smallest absolute Gasteiger partial charge is 0.410 e. The summed E-state index contributed by atoms with van der Waals surface area (Å²) in [7, 11) is 0. The summed E-state index contributed by atoms with van der Waals surface area (Å²) in [6, 6.07) is 11.9. The molecule has 0 radical (unpaired) electrons. The lowest BCUT2D eigenvalue weighted by Crippen LogP contribution is -2.67. The van der Waals surface area contributed by atoms with Crippen LogP contribution in [-0.2, 0) is 22.4 Å². The van der Waals surface area contributed by atoms with E-state index in [9.17, 15) is 14.4 Å². The van der Waals surface area contributed by atoms with Crippen molar-refractivity contribution >= 4 is 61.3 Å². The van der Waals surface area contributed by atoms with Crippen LogP contribution < -0.4 is 16.4 Å². The Hall–Kier alpha value is -2.67. The van der Waals surface area contributed by atoms with Crippen molar-refractivity contribution in [1.82, 2.24) is 15.1 Å². The van der Waals surface area contributed by atoms with Crippen LogP contribution in [0, 0.1) is 0 Å². The van der Waals surface area contributed by atoms with E-state index in [0.717, 1.165) is 90.5 Å². The van der Waals surface area contributed by atoms with Gasteiger partial charge >= 0.3 is 18.0 Å². The number of nitrogens with zero attached hydrogens (tertiary/aromatic N) is 3. The predicted octanol–water partition coefficient (Wildman–Crippen LogP) is 5.68. The zero-order chi connectivity index (χ0) is 32.3. The first-order chi connectivity index (χ1) is 22.2. The molecule has 6 rings (SSSR count). The summed E-state index contributed by atoms with van der Waals surface area (Å²) < 4.78 is 8.11. The number of fused-ring (bicyclic) bond motifs is 1. The highest BCUT2D eigenvalue weighted by molar-refractivity contribution is 9.11. The molecule has 4 heterocycles. The molecule has 248 valence electrons. The molecule has 0 bridgehead atoms. The Morgan fingerprint density at radius 1 is 0.978 bits per heavy atom. The number of quaternary nitrogens is 1. The van der Waals surface area contributed by atoms with Gasteiger partial charge in [0.1, 0.15) is 0 Å². The topological polar surface area (TPSA) is 117 Å². The first-order valence-electron chi connectivity index (χ1n) is 16.7. The van der Waals surface area contributed by atoms with Gasteiger partial charge in [-0.3, -0.25) is 4.48 Å². The highest BCUT2D eigenvalue weighted by Gasteiger charge is 2.50. The van der Waals surface area contributed by atoms with Crippen molar-refractivity contribution in [2.24, 2.45) is 0 Å². The van der Waals surface area contributed by atoms with Gasteiger partial charge in [-0.15, -0.1) is 0 Å². The second-order valence-electron chi connectivity index (χ2n) is 13.2. The number of rotatable bonds is 6. The Balaban J connectivity index is 1.17. The molecule has 0 saturated carbocycles. The highest BCUT2D eigenvalue weighted by atomic mass is 79.9. The van der Waals surface area contributed by atoms with E-state index in [1.165, 1.54) is 0 Å². The molecule has 0 aliphatic carbocycles. The molecule has 0 unspecified atom stereocenters. The number of ether oxygens (including phenoxy) is 1. The molecule has 4 amide bonds. The molecular weight excluding hydrogens is 716 g/mol. The Morgan fingerprint density at radius 2 is 1.65 bits per heavy atom. The van der Waals surface area contributed by atoms with E-state index in [1.807, 2.05) is 35.2 Å². The quantitative estimate of drug-likeness (QED) is 0.258. The molecule has 2 aromatic rings. The third-order valence-corrected chi connectivity index (χ3v) is 11.8. The van der Waals surface area contributed by atoms with Crippen molar-refractivity contribution in [2.45, 2.75) is 76.0 Å². The number of amides is 4. The third kappa shape index (κ3) is 7.10. The molecule has 4 N–H and O–H groups in total. The number of benzene rings is 2. The van der Waals surface area contributed by atoms with Crippen molar-refractivity contribution in [3.8, 4) is 0 Å². The minimum atomic E-state index is -0.921. The van der Waals surface area contributed by atoms with Crippen LogP contribution in [0.2, 0.25) is 0 Å². The summed E-state index contributed by atoms with van der Waals surface area (Å²) >= 11 is 7.09. The normalized spacial score (nSPS) is 21.6. The van der Waals surface area contributed by atoms with Crippen LogP contribution in [0.4, 0.5) is 21.0 Å². The van der Waals surface area contributed by atoms with Gasteiger partial charge < -0.3 is 30.9 Å². The van der Waals surface area contributed by atoms with E-state index in [-0.39, 0.29) is 30.4 Å². The minimum absolute atomic E-state index is 0.0136. The number of nitrogens with two attached hydrogens (primary N) is 1.